The van der Waals surface area contributed by atoms with Gasteiger partial charge in [-0.15, -0.1) is 13.2 Å². The van der Waals surface area contributed by atoms with E-state index in [2.05, 4.69) is 10.1 Å². The standard InChI is InChI=1S/C21H18F3NO8/c1-25-11-5-13(33-21(22,23)24)9-3-7-2-8-4-12(27)10(6-26)18(30)20(8,32)19(31)14(7)17(29)15(9)16(11)28/h5-8,25-26,28-29,32H,2-4H2,1H3/t7?,8-,20+/m0/s1. The normalized spacial score (nSPS) is 28.4. The zero-order valence-electron chi connectivity index (χ0n) is 17.0. The Morgan fingerprint density at radius 1 is 1.18 bits per heavy atom. The molecule has 5 N–H and O–H groups in total. The lowest BCUT2D eigenvalue weighted by molar-refractivity contribution is -0.275. The largest absolute Gasteiger partial charge is 0.573 e. The number of ether oxygens (including phenoxy) is 1. The summed E-state index contributed by atoms with van der Waals surface area (Å²) >= 11 is 0. The third kappa shape index (κ3) is 3.16. The Hall–Kier alpha value is -3.54. The molecule has 0 bridgehead atoms. The minimum absolute atomic E-state index is 0.197. The van der Waals surface area contributed by atoms with E-state index in [1.165, 1.54) is 7.05 Å². The first-order valence-electron chi connectivity index (χ1n) is 9.80. The summed E-state index contributed by atoms with van der Waals surface area (Å²) in [7, 11) is 1.30. The van der Waals surface area contributed by atoms with E-state index < -0.39 is 81.5 Å². The highest BCUT2D eigenvalue weighted by Gasteiger charge is 2.62. The number of halogens is 3. The predicted molar refractivity (Wildman–Crippen MR) is 104 cm³/mol. The lowest BCUT2D eigenvalue weighted by Gasteiger charge is -2.45. The number of hydrogen-bond donors (Lipinski definition) is 5. The van der Waals surface area contributed by atoms with E-state index in [0.29, 0.717) is 0 Å². The second-order valence-electron chi connectivity index (χ2n) is 8.11. The number of phenols is 1. The maximum absolute atomic E-state index is 13.3. The Bertz CT molecular complexity index is 1170. The summed E-state index contributed by atoms with van der Waals surface area (Å²) in [5, 5.41) is 44.2. The van der Waals surface area contributed by atoms with Crippen LogP contribution in [0, 0.1) is 11.8 Å². The van der Waals surface area contributed by atoms with E-state index in [1.807, 2.05) is 0 Å². The van der Waals surface area contributed by atoms with Crippen LogP contribution in [-0.2, 0) is 20.8 Å². The minimum Gasteiger partial charge on any atom is -0.515 e. The van der Waals surface area contributed by atoms with Gasteiger partial charge in [-0.1, -0.05) is 0 Å². The number of nitrogens with one attached hydrogen (secondary N) is 1. The number of aliphatic hydroxyl groups is 3. The molecule has 12 heteroatoms. The van der Waals surface area contributed by atoms with Crippen LogP contribution in [0.5, 0.6) is 11.5 Å². The summed E-state index contributed by atoms with van der Waals surface area (Å²) < 4.78 is 43.1. The van der Waals surface area contributed by atoms with Crippen LogP contribution in [0.25, 0.3) is 5.76 Å². The smallest absolute Gasteiger partial charge is 0.515 e. The Morgan fingerprint density at radius 2 is 1.85 bits per heavy atom. The van der Waals surface area contributed by atoms with Gasteiger partial charge in [0.05, 0.1) is 23.1 Å². The highest BCUT2D eigenvalue weighted by atomic mass is 19.4. The van der Waals surface area contributed by atoms with Crippen molar-refractivity contribution >= 4 is 28.8 Å². The van der Waals surface area contributed by atoms with Gasteiger partial charge in [-0.3, -0.25) is 14.4 Å². The minimum atomic E-state index is -5.09. The van der Waals surface area contributed by atoms with Crippen LogP contribution in [0.3, 0.4) is 0 Å². The van der Waals surface area contributed by atoms with Gasteiger partial charge in [0.2, 0.25) is 11.6 Å². The molecule has 0 saturated heterocycles. The molecule has 3 aliphatic carbocycles. The van der Waals surface area contributed by atoms with Crippen molar-refractivity contribution in [3.8, 4) is 11.5 Å². The van der Waals surface area contributed by atoms with Crippen LogP contribution in [0.4, 0.5) is 18.9 Å². The molecule has 4 rings (SSSR count). The zero-order valence-corrected chi connectivity index (χ0v) is 17.0. The Morgan fingerprint density at radius 3 is 2.42 bits per heavy atom. The van der Waals surface area contributed by atoms with Crippen LogP contribution in [0.2, 0.25) is 0 Å². The van der Waals surface area contributed by atoms with Gasteiger partial charge >= 0.3 is 6.36 Å². The monoisotopic (exact) mass is 469 g/mol. The number of rotatable bonds is 2. The number of Topliss-reactive ketones (excluding diaryl/α,β-unsaturated/α-hetero) is 3. The second-order valence-corrected chi connectivity index (χ2v) is 8.11. The van der Waals surface area contributed by atoms with Gasteiger partial charge in [0, 0.05) is 36.6 Å². The molecule has 1 unspecified atom stereocenters. The molecule has 9 nitrogen and oxygen atoms in total. The van der Waals surface area contributed by atoms with Gasteiger partial charge in [0.15, 0.2) is 11.4 Å². The molecule has 2 fully saturated rings. The molecule has 0 aliphatic heterocycles. The van der Waals surface area contributed by atoms with E-state index in [-0.39, 0.29) is 30.4 Å². The lowest BCUT2D eigenvalue weighted by atomic mass is 9.58. The van der Waals surface area contributed by atoms with Crippen molar-refractivity contribution in [2.45, 2.75) is 31.2 Å². The fourth-order valence-corrected chi connectivity index (χ4v) is 4.94. The molecule has 2 saturated carbocycles. The average molecular weight is 469 g/mol. The van der Waals surface area contributed by atoms with Gasteiger partial charge < -0.3 is 30.5 Å². The molecule has 0 aromatic heterocycles. The number of benzene rings is 1. The quantitative estimate of drug-likeness (QED) is 0.144. The zero-order chi connectivity index (χ0) is 24.5. The van der Waals surface area contributed by atoms with E-state index in [0.717, 1.165) is 6.07 Å². The molecule has 33 heavy (non-hydrogen) atoms. The van der Waals surface area contributed by atoms with Crippen molar-refractivity contribution in [3.05, 3.63) is 34.6 Å². The summed E-state index contributed by atoms with van der Waals surface area (Å²) in [4.78, 5) is 38.2. The summed E-state index contributed by atoms with van der Waals surface area (Å²) in [6.45, 7) is 0. The number of hydrogen-bond acceptors (Lipinski definition) is 9. The number of aromatic hydroxyl groups is 1. The molecular weight excluding hydrogens is 451 g/mol. The Kier molecular flexibility index (Phi) is 4.97. The molecule has 1 aromatic rings. The molecule has 3 aliphatic rings. The maximum atomic E-state index is 13.3. The number of aliphatic hydroxyl groups excluding tert-OH is 2. The molecule has 3 atom stereocenters. The molecule has 0 spiro atoms. The van der Waals surface area contributed by atoms with E-state index in [1.54, 1.807) is 0 Å². The summed E-state index contributed by atoms with van der Waals surface area (Å²) in [5.74, 6) is -7.81. The molecule has 0 radical (unpaired) electrons. The number of alkyl halides is 3. The molecule has 0 heterocycles. The third-order valence-corrected chi connectivity index (χ3v) is 6.42. The van der Waals surface area contributed by atoms with E-state index in [4.69, 9.17) is 0 Å². The first-order chi connectivity index (χ1) is 15.3. The predicted octanol–water partition coefficient (Wildman–Crippen LogP) is 2.08. The van der Waals surface area contributed by atoms with Crippen molar-refractivity contribution in [1.29, 1.82) is 0 Å². The Balaban J connectivity index is 1.93. The van der Waals surface area contributed by atoms with Gasteiger partial charge in [-0.2, -0.15) is 0 Å². The highest BCUT2D eigenvalue weighted by molar-refractivity contribution is 6.34. The van der Waals surface area contributed by atoms with Crippen molar-refractivity contribution in [3.63, 3.8) is 0 Å². The number of anilines is 1. The fraction of sp³-hybridized carbons (Fsp3) is 0.381. The second kappa shape index (κ2) is 7.24. The highest BCUT2D eigenvalue weighted by Crippen LogP contribution is 2.53. The number of ketones is 3. The first kappa shape index (κ1) is 22.6. The van der Waals surface area contributed by atoms with E-state index >= 15 is 0 Å². The molecule has 176 valence electrons. The van der Waals surface area contributed by atoms with Crippen LogP contribution < -0.4 is 10.1 Å². The Labute approximate surface area is 183 Å². The third-order valence-electron chi connectivity index (χ3n) is 6.42. The van der Waals surface area contributed by atoms with Crippen molar-refractivity contribution in [2.24, 2.45) is 11.8 Å². The van der Waals surface area contributed by atoms with Crippen LogP contribution in [0.1, 0.15) is 24.0 Å². The van der Waals surface area contributed by atoms with Crippen molar-refractivity contribution in [1.82, 2.24) is 0 Å². The molecule has 1 aromatic carbocycles. The van der Waals surface area contributed by atoms with Crippen LogP contribution >= 0.6 is 0 Å². The number of carbonyl (C=O) groups is 3. The van der Waals surface area contributed by atoms with Gasteiger partial charge in [-0.25, -0.2) is 0 Å². The summed E-state index contributed by atoms with van der Waals surface area (Å²) in [6.07, 6.45) is -5.85. The molecular formula is C21H18F3NO8. The fourth-order valence-electron chi connectivity index (χ4n) is 4.94. The van der Waals surface area contributed by atoms with Gasteiger partial charge in [-0.05, 0) is 18.8 Å². The summed E-state index contributed by atoms with van der Waals surface area (Å²) in [6, 6.07) is 0.896. The van der Waals surface area contributed by atoms with Crippen molar-refractivity contribution in [2.75, 3.05) is 12.4 Å². The SMILES string of the molecule is CNc1cc(OC(F)(F)F)c2c(c1O)C(O)=C1C(=O)[C@]3(O)C(=O)C(=CO)C(=O)C[C@@H]3CC1C2. The number of phenolic OH excluding ortho intramolecular Hbond substituents is 1. The van der Waals surface area contributed by atoms with Crippen LogP contribution in [-0.4, -0.2) is 56.8 Å². The van der Waals surface area contributed by atoms with Gasteiger partial charge in [0.1, 0.15) is 17.3 Å². The number of fused-ring (bicyclic) bond motifs is 3. The average Bonchev–Trinajstić information content (AvgIpc) is 2.72. The van der Waals surface area contributed by atoms with Gasteiger partial charge in [0.25, 0.3) is 0 Å². The van der Waals surface area contributed by atoms with Crippen molar-refractivity contribution < 1.29 is 52.7 Å². The molecule has 0 amide bonds. The maximum Gasteiger partial charge on any atom is 0.573 e. The lowest BCUT2D eigenvalue weighted by Crippen LogP contribution is -2.62. The van der Waals surface area contributed by atoms with Crippen LogP contribution in [0.15, 0.2) is 23.5 Å². The number of carbonyl (C=O) groups excluding carboxylic acids is 3. The van der Waals surface area contributed by atoms with E-state index in [9.17, 15) is 48.0 Å². The summed E-state index contributed by atoms with van der Waals surface area (Å²) in [5.41, 5.74) is -4.93. The topological polar surface area (TPSA) is 153 Å². The first-order valence-corrected chi connectivity index (χ1v) is 9.80.